The van der Waals surface area contributed by atoms with Gasteiger partial charge in [0.15, 0.2) is 11.5 Å². The van der Waals surface area contributed by atoms with Crippen LogP contribution in [-0.2, 0) is 6.61 Å². The zero-order chi connectivity index (χ0) is 22.5. The van der Waals surface area contributed by atoms with Crippen molar-refractivity contribution in [3.63, 3.8) is 0 Å². The van der Waals surface area contributed by atoms with Crippen LogP contribution in [0.25, 0.3) is 0 Å². The minimum absolute atomic E-state index is 0.132. The number of amides is 2. The summed E-state index contributed by atoms with van der Waals surface area (Å²) < 4.78 is 12.0. The molecule has 1 fully saturated rings. The summed E-state index contributed by atoms with van der Waals surface area (Å²) in [4.78, 5) is 25.1. The Morgan fingerprint density at radius 3 is 2.47 bits per heavy atom. The second-order valence-corrected chi connectivity index (χ2v) is 8.40. The molecule has 32 heavy (non-hydrogen) atoms. The van der Waals surface area contributed by atoms with Crippen LogP contribution in [0.1, 0.15) is 39.1 Å². The molecule has 2 amide bonds. The molecule has 0 saturated heterocycles. The van der Waals surface area contributed by atoms with Crippen molar-refractivity contribution >= 4 is 33.4 Å². The summed E-state index contributed by atoms with van der Waals surface area (Å²) in [5, 5.41) is 5.79. The molecular weight excluding hydrogens is 472 g/mol. The van der Waals surface area contributed by atoms with Crippen LogP contribution in [0.5, 0.6) is 11.5 Å². The quantitative estimate of drug-likeness (QED) is 0.452. The maximum Gasteiger partial charge on any atom is 0.255 e. The molecule has 0 aliphatic heterocycles. The van der Waals surface area contributed by atoms with E-state index < -0.39 is 0 Å². The lowest BCUT2D eigenvalue weighted by molar-refractivity contribution is 0.0949. The number of halogens is 1. The predicted molar refractivity (Wildman–Crippen MR) is 126 cm³/mol. The van der Waals surface area contributed by atoms with E-state index in [1.54, 1.807) is 36.4 Å². The molecule has 0 unspecified atom stereocenters. The molecule has 0 aromatic heterocycles. The Labute approximate surface area is 195 Å². The second kappa shape index (κ2) is 9.87. The van der Waals surface area contributed by atoms with Gasteiger partial charge < -0.3 is 20.1 Å². The highest BCUT2D eigenvalue weighted by Crippen LogP contribution is 2.37. The molecular formula is C25H23BrN2O4. The van der Waals surface area contributed by atoms with Crippen molar-refractivity contribution in [1.82, 2.24) is 5.32 Å². The van der Waals surface area contributed by atoms with Gasteiger partial charge in [-0.15, -0.1) is 0 Å². The van der Waals surface area contributed by atoms with Crippen LogP contribution in [0.15, 0.2) is 71.2 Å². The second-order valence-electron chi connectivity index (χ2n) is 7.55. The molecule has 0 bridgehead atoms. The van der Waals surface area contributed by atoms with Crippen molar-refractivity contribution in [2.24, 2.45) is 0 Å². The van der Waals surface area contributed by atoms with Crippen LogP contribution < -0.4 is 20.1 Å². The molecule has 1 aliphatic rings. The Kier molecular flexibility index (Phi) is 6.75. The SMILES string of the molecule is COc1cc(C(=O)Nc2cccc(C(=O)NC3CC3)c2)cc(Br)c1OCc1ccccc1. The fourth-order valence-electron chi connectivity index (χ4n) is 3.16. The van der Waals surface area contributed by atoms with Crippen molar-refractivity contribution in [3.05, 3.63) is 87.9 Å². The van der Waals surface area contributed by atoms with E-state index in [2.05, 4.69) is 26.6 Å². The van der Waals surface area contributed by atoms with E-state index in [1.807, 2.05) is 30.3 Å². The van der Waals surface area contributed by atoms with Crippen molar-refractivity contribution in [2.75, 3.05) is 12.4 Å². The van der Waals surface area contributed by atoms with E-state index in [0.717, 1.165) is 18.4 Å². The maximum atomic E-state index is 12.9. The number of benzene rings is 3. The number of hydrogen-bond donors (Lipinski definition) is 2. The summed E-state index contributed by atoms with van der Waals surface area (Å²) in [5.74, 6) is 0.510. The predicted octanol–water partition coefficient (Wildman–Crippen LogP) is 5.18. The van der Waals surface area contributed by atoms with E-state index in [9.17, 15) is 9.59 Å². The molecule has 0 spiro atoms. The molecule has 1 aliphatic carbocycles. The number of carbonyl (C=O) groups excluding carboxylic acids is 2. The molecule has 0 atom stereocenters. The van der Waals surface area contributed by atoms with E-state index >= 15 is 0 Å². The Hall–Kier alpha value is -3.32. The van der Waals surface area contributed by atoms with Crippen molar-refractivity contribution in [3.8, 4) is 11.5 Å². The van der Waals surface area contributed by atoms with Gasteiger partial charge >= 0.3 is 0 Å². The van der Waals surface area contributed by atoms with Gasteiger partial charge in [0.25, 0.3) is 11.8 Å². The van der Waals surface area contributed by atoms with Gasteiger partial charge in [-0.1, -0.05) is 36.4 Å². The normalized spacial score (nSPS) is 12.7. The van der Waals surface area contributed by atoms with Crippen LogP contribution in [0.2, 0.25) is 0 Å². The lowest BCUT2D eigenvalue weighted by Gasteiger charge is -2.15. The topological polar surface area (TPSA) is 76.7 Å². The fraction of sp³-hybridized carbons (Fsp3) is 0.200. The van der Waals surface area contributed by atoms with E-state index in [1.165, 1.54) is 7.11 Å². The standard InChI is InChI=1S/C25H23BrN2O4/c1-31-22-14-18(13-21(26)23(22)32-15-16-6-3-2-4-7-16)25(30)28-20-9-5-8-17(12-20)24(29)27-19-10-11-19/h2-9,12-14,19H,10-11,15H2,1H3,(H,27,29)(H,28,30). The van der Waals surface area contributed by atoms with Gasteiger partial charge in [-0.3, -0.25) is 9.59 Å². The van der Waals surface area contributed by atoms with Gasteiger partial charge in [0.1, 0.15) is 6.61 Å². The molecule has 1 saturated carbocycles. The summed E-state index contributed by atoms with van der Waals surface area (Å²) >= 11 is 3.49. The maximum absolute atomic E-state index is 12.9. The summed E-state index contributed by atoms with van der Waals surface area (Å²) in [6.07, 6.45) is 2.04. The lowest BCUT2D eigenvalue weighted by atomic mass is 10.1. The zero-order valence-electron chi connectivity index (χ0n) is 17.6. The van der Waals surface area contributed by atoms with Gasteiger partial charge in [-0.25, -0.2) is 0 Å². The van der Waals surface area contributed by atoms with Crippen LogP contribution >= 0.6 is 15.9 Å². The first-order chi connectivity index (χ1) is 15.5. The van der Waals surface area contributed by atoms with Crippen molar-refractivity contribution in [1.29, 1.82) is 0 Å². The summed E-state index contributed by atoms with van der Waals surface area (Å²) in [7, 11) is 1.53. The number of ether oxygens (including phenoxy) is 2. The van der Waals surface area contributed by atoms with Gasteiger partial charge in [-0.05, 0) is 64.7 Å². The highest BCUT2D eigenvalue weighted by Gasteiger charge is 2.24. The molecule has 3 aromatic rings. The average molecular weight is 495 g/mol. The van der Waals surface area contributed by atoms with E-state index in [4.69, 9.17) is 9.47 Å². The van der Waals surface area contributed by atoms with Gasteiger partial charge in [0.2, 0.25) is 0 Å². The van der Waals surface area contributed by atoms with Crippen molar-refractivity contribution < 1.29 is 19.1 Å². The van der Waals surface area contributed by atoms with E-state index in [0.29, 0.717) is 39.4 Å². The molecule has 4 rings (SSSR count). The summed E-state index contributed by atoms with van der Waals surface area (Å²) in [5.41, 5.74) is 2.47. The van der Waals surface area contributed by atoms with Crippen LogP contribution in [-0.4, -0.2) is 25.0 Å². The third-order valence-electron chi connectivity index (χ3n) is 5.01. The van der Waals surface area contributed by atoms with Crippen molar-refractivity contribution in [2.45, 2.75) is 25.5 Å². The Morgan fingerprint density at radius 2 is 1.75 bits per heavy atom. The minimum Gasteiger partial charge on any atom is -0.493 e. The Morgan fingerprint density at radius 1 is 0.969 bits per heavy atom. The minimum atomic E-state index is -0.321. The lowest BCUT2D eigenvalue weighted by Crippen LogP contribution is -2.25. The third-order valence-corrected chi connectivity index (χ3v) is 5.60. The van der Waals surface area contributed by atoms with Gasteiger partial charge in [0.05, 0.1) is 11.6 Å². The molecule has 3 aromatic carbocycles. The van der Waals surface area contributed by atoms with Crippen LogP contribution in [0.4, 0.5) is 5.69 Å². The zero-order valence-corrected chi connectivity index (χ0v) is 19.1. The first-order valence-corrected chi connectivity index (χ1v) is 11.1. The smallest absolute Gasteiger partial charge is 0.255 e. The Bertz CT molecular complexity index is 1130. The number of rotatable bonds is 8. The first kappa shape index (κ1) is 21.9. The van der Waals surface area contributed by atoms with Crippen LogP contribution in [0.3, 0.4) is 0 Å². The molecule has 0 radical (unpaired) electrons. The molecule has 164 valence electrons. The van der Waals surface area contributed by atoms with Gasteiger partial charge in [-0.2, -0.15) is 0 Å². The summed E-state index contributed by atoms with van der Waals surface area (Å²) in [6, 6.07) is 20.3. The van der Waals surface area contributed by atoms with Crippen LogP contribution in [0, 0.1) is 0 Å². The molecule has 0 heterocycles. The monoisotopic (exact) mass is 494 g/mol. The highest BCUT2D eigenvalue weighted by atomic mass is 79.9. The first-order valence-electron chi connectivity index (χ1n) is 10.3. The van der Waals surface area contributed by atoms with E-state index in [-0.39, 0.29) is 17.9 Å². The highest BCUT2D eigenvalue weighted by molar-refractivity contribution is 9.10. The number of carbonyl (C=O) groups is 2. The number of methoxy groups -OCH3 is 1. The third kappa shape index (κ3) is 5.48. The average Bonchev–Trinajstić information content (AvgIpc) is 3.62. The molecule has 7 heteroatoms. The number of nitrogens with one attached hydrogen (secondary N) is 2. The Balaban J connectivity index is 1.47. The number of hydrogen-bond acceptors (Lipinski definition) is 4. The molecule has 2 N–H and O–H groups in total. The fourth-order valence-corrected chi connectivity index (χ4v) is 3.72. The number of anilines is 1. The van der Waals surface area contributed by atoms with Gasteiger partial charge in [0, 0.05) is 22.9 Å². The molecule has 6 nitrogen and oxygen atoms in total. The summed E-state index contributed by atoms with van der Waals surface area (Å²) in [6.45, 7) is 0.372. The largest absolute Gasteiger partial charge is 0.493 e.